The molecule has 1 aromatic carbocycles. The number of rotatable bonds is 9. The van der Waals surface area contributed by atoms with Gasteiger partial charge in [-0.15, -0.1) is 0 Å². The van der Waals surface area contributed by atoms with Crippen molar-refractivity contribution in [3.63, 3.8) is 0 Å². The van der Waals surface area contributed by atoms with Crippen LogP contribution in [0.4, 0.5) is 5.69 Å². The van der Waals surface area contributed by atoms with Crippen molar-refractivity contribution in [1.82, 2.24) is 5.32 Å². The highest BCUT2D eigenvalue weighted by atomic mass is 16.5. The first kappa shape index (κ1) is 16.5. The molecule has 0 aromatic heterocycles. The maximum absolute atomic E-state index is 11.7. The van der Waals surface area contributed by atoms with Crippen LogP contribution in [-0.2, 0) is 16.0 Å². The van der Waals surface area contributed by atoms with Crippen LogP contribution in [0.2, 0.25) is 0 Å². The Labute approximate surface area is 121 Å². The van der Waals surface area contributed by atoms with E-state index in [9.17, 15) is 4.79 Å². The van der Waals surface area contributed by atoms with E-state index in [4.69, 9.17) is 4.74 Å². The Morgan fingerprint density at radius 3 is 2.60 bits per heavy atom. The lowest BCUT2D eigenvalue weighted by Crippen LogP contribution is -2.39. The Morgan fingerprint density at radius 1 is 1.30 bits per heavy atom. The Balaban J connectivity index is 2.32. The summed E-state index contributed by atoms with van der Waals surface area (Å²) in [4.78, 5) is 11.7. The van der Waals surface area contributed by atoms with Crippen molar-refractivity contribution in [2.24, 2.45) is 0 Å². The van der Waals surface area contributed by atoms with Gasteiger partial charge in [0, 0.05) is 18.8 Å². The predicted octanol–water partition coefficient (Wildman–Crippen LogP) is 2.59. The van der Waals surface area contributed by atoms with Crippen LogP contribution < -0.4 is 10.6 Å². The molecule has 0 heterocycles. The van der Waals surface area contributed by atoms with Crippen LogP contribution in [0, 0.1) is 0 Å². The van der Waals surface area contributed by atoms with E-state index in [1.807, 2.05) is 19.1 Å². The summed E-state index contributed by atoms with van der Waals surface area (Å²) in [5, 5.41) is 5.99. The monoisotopic (exact) mass is 278 g/mol. The normalized spacial score (nSPS) is 11.9. The van der Waals surface area contributed by atoms with Gasteiger partial charge in [0.15, 0.2) is 0 Å². The summed E-state index contributed by atoms with van der Waals surface area (Å²) in [5.74, 6) is -0.0235. The van der Waals surface area contributed by atoms with Crippen molar-refractivity contribution in [2.75, 3.05) is 25.6 Å². The lowest BCUT2D eigenvalue weighted by Gasteiger charge is -2.13. The van der Waals surface area contributed by atoms with Gasteiger partial charge in [0.1, 0.15) is 0 Å². The molecule has 1 unspecified atom stereocenters. The third-order valence-electron chi connectivity index (χ3n) is 3.05. The zero-order chi connectivity index (χ0) is 14.8. The summed E-state index contributed by atoms with van der Waals surface area (Å²) >= 11 is 0. The third-order valence-corrected chi connectivity index (χ3v) is 3.05. The lowest BCUT2D eigenvalue weighted by atomic mass is 10.1. The van der Waals surface area contributed by atoms with Crippen LogP contribution in [0.25, 0.3) is 0 Å². The number of ether oxygens (including phenoxy) is 1. The second-order valence-electron chi connectivity index (χ2n) is 5.08. The molecule has 0 fully saturated rings. The average Bonchev–Trinajstić information content (AvgIpc) is 2.44. The largest absolute Gasteiger partial charge is 0.383 e. The van der Waals surface area contributed by atoms with Gasteiger partial charge in [-0.3, -0.25) is 4.79 Å². The van der Waals surface area contributed by atoms with Crippen molar-refractivity contribution in [3.05, 3.63) is 29.8 Å². The molecular weight excluding hydrogens is 252 g/mol. The molecular formula is C16H26N2O2. The average molecular weight is 278 g/mol. The van der Waals surface area contributed by atoms with Gasteiger partial charge in [0.25, 0.3) is 0 Å². The number of unbranched alkanes of at least 4 members (excludes halogenated alkanes) is 1. The second kappa shape index (κ2) is 9.37. The smallest absolute Gasteiger partial charge is 0.239 e. The molecule has 1 atom stereocenters. The molecule has 1 rings (SSSR count). The number of carbonyl (C=O) groups excluding carboxylic acids is 1. The molecule has 20 heavy (non-hydrogen) atoms. The number of nitrogens with one attached hydrogen (secondary N) is 2. The lowest BCUT2D eigenvalue weighted by molar-refractivity contribution is -0.120. The van der Waals surface area contributed by atoms with Crippen LogP contribution in [0.5, 0.6) is 0 Å². The fourth-order valence-corrected chi connectivity index (χ4v) is 1.97. The minimum atomic E-state index is -0.0235. The number of hydrogen-bond donors (Lipinski definition) is 2. The maximum Gasteiger partial charge on any atom is 0.239 e. The van der Waals surface area contributed by atoms with Gasteiger partial charge in [-0.25, -0.2) is 0 Å². The SMILES string of the molecule is CCCCc1ccc(NCC(=O)NC(C)COC)cc1. The molecule has 0 radical (unpaired) electrons. The van der Waals surface area contributed by atoms with Gasteiger partial charge < -0.3 is 15.4 Å². The van der Waals surface area contributed by atoms with Crippen molar-refractivity contribution in [1.29, 1.82) is 0 Å². The van der Waals surface area contributed by atoms with E-state index in [0.717, 1.165) is 12.1 Å². The highest BCUT2D eigenvalue weighted by Crippen LogP contribution is 2.11. The van der Waals surface area contributed by atoms with Gasteiger partial charge in [-0.1, -0.05) is 25.5 Å². The zero-order valence-electron chi connectivity index (χ0n) is 12.7. The summed E-state index contributed by atoms with van der Waals surface area (Å²) < 4.78 is 4.98. The zero-order valence-corrected chi connectivity index (χ0v) is 12.7. The van der Waals surface area contributed by atoms with Crippen LogP contribution in [0.15, 0.2) is 24.3 Å². The Hall–Kier alpha value is -1.55. The summed E-state index contributed by atoms with van der Waals surface area (Å²) in [6.07, 6.45) is 3.54. The number of anilines is 1. The Kier molecular flexibility index (Phi) is 7.73. The van der Waals surface area contributed by atoms with Gasteiger partial charge in [0.2, 0.25) is 5.91 Å². The van der Waals surface area contributed by atoms with Crippen LogP contribution in [0.3, 0.4) is 0 Å². The molecule has 4 nitrogen and oxygen atoms in total. The number of methoxy groups -OCH3 is 1. The van der Waals surface area contributed by atoms with Crippen molar-refractivity contribution in [2.45, 2.75) is 39.2 Å². The molecule has 112 valence electrons. The van der Waals surface area contributed by atoms with Crippen LogP contribution in [0.1, 0.15) is 32.3 Å². The van der Waals surface area contributed by atoms with Gasteiger partial charge >= 0.3 is 0 Å². The highest BCUT2D eigenvalue weighted by molar-refractivity contribution is 5.80. The number of aryl methyl sites for hydroxylation is 1. The van der Waals surface area contributed by atoms with E-state index in [2.05, 4.69) is 29.7 Å². The Bertz CT molecular complexity index is 390. The summed E-state index contributed by atoms with van der Waals surface area (Å²) in [6, 6.07) is 8.31. The standard InChI is InChI=1S/C16H26N2O2/c1-4-5-6-14-7-9-15(10-8-14)17-11-16(19)18-13(2)12-20-3/h7-10,13,17H,4-6,11-12H2,1-3H3,(H,18,19). The van der Waals surface area contributed by atoms with Gasteiger partial charge in [-0.05, 0) is 37.5 Å². The number of hydrogen-bond acceptors (Lipinski definition) is 3. The van der Waals surface area contributed by atoms with Crippen LogP contribution in [-0.4, -0.2) is 32.2 Å². The van der Waals surface area contributed by atoms with Gasteiger partial charge in [0.05, 0.1) is 13.2 Å². The first-order chi connectivity index (χ1) is 9.65. The molecule has 1 aromatic rings. The van der Waals surface area contributed by atoms with Gasteiger partial charge in [-0.2, -0.15) is 0 Å². The molecule has 0 spiro atoms. The fraction of sp³-hybridized carbons (Fsp3) is 0.562. The molecule has 0 aliphatic rings. The van der Waals surface area contributed by atoms with E-state index in [-0.39, 0.29) is 18.5 Å². The molecule has 0 aliphatic heterocycles. The predicted molar refractivity (Wildman–Crippen MR) is 83.0 cm³/mol. The van der Waals surface area contributed by atoms with E-state index in [1.165, 1.54) is 18.4 Å². The Morgan fingerprint density at radius 2 is 2.00 bits per heavy atom. The second-order valence-corrected chi connectivity index (χ2v) is 5.08. The van der Waals surface area contributed by atoms with Crippen LogP contribution >= 0.6 is 0 Å². The van der Waals surface area contributed by atoms with E-state index in [0.29, 0.717) is 6.61 Å². The minimum Gasteiger partial charge on any atom is -0.383 e. The first-order valence-electron chi connectivity index (χ1n) is 7.26. The van der Waals surface area contributed by atoms with Crippen molar-refractivity contribution >= 4 is 11.6 Å². The van der Waals surface area contributed by atoms with Crippen molar-refractivity contribution < 1.29 is 9.53 Å². The number of benzene rings is 1. The first-order valence-corrected chi connectivity index (χ1v) is 7.26. The third kappa shape index (κ3) is 6.57. The summed E-state index contributed by atoms with van der Waals surface area (Å²) in [7, 11) is 1.63. The molecule has 4 heteroatoms. The molecule has 2 N–H and O–H groups in total. The number of amides is 1. The fourth-order valence-electron chi connectivity index (χ4n) is 1.97. The quantitative estimate of drug-likeness (QED) is 0.730. The van der Waals surface area contributed by atoms with E-state index < -0.39 is 0 Å². The van der Waals surface area contributed by atoms with E-state index in [1.54, 1.807) is 7.11 Å². The minimum absolute atomic E-state index is 0.0235. The molecule has 1 amide bonds. The molecule has 0 saturated carbocycles. The number of carbonyl (C=O) groups is 1. The molecule has 0 aliphatic carbocycles. The topological polar surface area (TPSA) is 50.4 Å². The van der Waals surface area contributed by atoms with Crippen molar-refractivity contribution in [3.8, 4) is 0 Å². The maximum atomic E-state index is 11.7. The highest BCUT2D eigenvalue weighted by Gasteiger charge is 2.06. The molecule has 0 bridgehead atoms. The van der Waals surface area contributed by atoms with E-state index >= 15 is 0 Å². The molecule has 0 saturated heterocycles. The summed E-state index contributed by atoms with van der Waals surface area (Å²) in [5.41, 5.74) is 2.32. The summed E-state index contributed by atoms with van der Waals surface area (Å²) in [6.45, 7) is 4.92.